The third kappa shape index (κ3) is 4.46. The number of aliphatic carboxylic acids is 1. The number of halogens is 1. The number of oxazole rings is 1. The van der Waals surface area contributed by atoms with Crippen molar-refractivity contribution in [1.82, 2.24) is 4.98 Å². The number of rotatable bonds is 7. The molecule has 150 valence electrons. The monoisotopic (exact) mass is 411 g/mol. The summed E-state index contributed by atoms with van der Waals surface area (Å²) in [6.45, 7) is 2.39. The Bertz CT molecular complexity index is 1030. The molecule has 0 saturated carbocycles. The first-order valence-electron chi connectivity index (χ1n) is 9.69. The molecule has 1 aliphatic carbocycles. The number of benzene rings is 2. The maximum Gasteiger partial charge on any atom is 0.303 e. The molecule has 1 aromatic heterocycles. The Morgan fingerprint density at radius 1 is 1.28 bits per heavy atom. The number of nitrogens with zero attached hydrogens (tertiary/aromatic N) is 1. The van der Waals surface area contributed by atoms with Gasteiger partial charge in [-0.1, -0.05) is 17.7 Å². The number of ether oxygens (including phenoxy) is 1. The lowest BCUT2D eigenvalue weighted by Crippen LogP contribution is -2.04. The lowest BCUT2D eigenvalue weighted by Gasteiger charge is -2.10. The van der Waals surface area contributed by atoms with Gasteiger partial charge in [0.2, 0.25) is 5.89 Å². The summed E-state index contributed by atoms with van der Waals surface area (Å²) in [6.07, 6.45) is 2.62. The Morgan fingerprint density at radius 2 is 2.07 bits per heavy atom. The van der Waals surface area contributed by atoms with Crippen LogP contribution in [0.2, 0.25) is 5.02 Å². The first-order valence-corrected chi connectivity index (χ1v) is 10.1. The van der Waals surface area contributed by atoms with E-state index < -0.39 is 5.97 Å². The third-order valence-corrected chi connectivity index (χ3v) is 5.58. The summed E-state index contributed by atoms with van der Waals surface area (Å²) in [7, 11) is 0. The van der Waals surface area contributed by atoms with E-state index in [1.165, 1.54) is 5.56 Å². The van der Waals surface area contributed by atoms with Crippen LogP contribution in [0, 0.1) is 6.92 Å². The quantitative estimate of drug-likeness (QED) is 0.561. The highest BCUT2D eigenvalue weighted by molar-refractivity contribution is 6.30. The lowest BCUT2D eigenvalue weighted by molar-refractivity contribution is -0.137. The summed E-state index contributed by atoms with van der Waals surface area (Å²) in [4.78, 5) is 15.6. The van der Waals surface area contributed by atoms with Crippen LogP contribution in [-0.2, 0) is 17.6 Å². The van der Waals surface area contributed by atoms with E-state index in [9.17, 15) is 4.79 Å². The maximum atomic E-state index is 11.0. The lowest BCUT2D eigenvalue weighted by atomic mass is 9.98. The predicted octanol–water partition coefficient (Wildman–Crippen LogP) is 5.43. The van der Waals surface area contributed by atoms with Crippen LogP contribution >= 0.6 is 11.6 Å². The Morgan fingerprint density at radius 3 is 2.83 bits per heavy atom. The Labute approximate surface area is 174 Å². The molecule has 0 spiro atoms. The number of carboxylic acid groups (broad SMARTS) is 1. The van der Waals surface area contributed by atoms with Crippen molar-refractivity contribution in [1.29, 1.82) is 0 Å². The van der Waals surface area contributed by atoms with E-state index in [0.717, 1.165) is 41.2 Å². The molecule has 4 rings (SSSR count). The molecule has 29 heavy (non-hydrogen) atoms. The molecular formula is C23H22ClNO4. The van der Waals surface area contributed by atoms with Gasteiger partial charge in [0.1, 0.15) is 11.5 Å². The molecule has 0 amide bonds. The van der Waals surface area contributed by atoms with Crippen molar-refractivity contribution < 1.29 is 19.1 Å². The molecule has 5 nitrogen and oxygen atoms in total. The summed E-state index contributed by atoms with van der Waals surface area (Å²) >= 11 is 5.93. The van der Waals surface area contributed by atoms with Gasteiger partial charge in [-0.05, 0) is 73.2 Å². The second-order valence-corrected chi connectivity index (χ2v) is 7.76. The number of carboxylic acids is 1. The third-order valence-electron chi connectivity index (χ3n) is 5.33. The number of carbonyl (C=O) groups is 1. The Kier molecular flexibility index (Phi) is 5.58. The number of aromatic nitrogens is 1. The van der Waals surface area contributed by atoms with E-state index in [1.807, 2.05) is 49.4 Å². The fraction of sp³-hybridized carbons (Fsp3) is 0.304. The van der Waals surface area contributed by atoms with Crippen LogP contribution in [0.1, 0.15) is 41.3 Å². The summed E-state index contributed by atoms with van der Waals surface area (Å²) in [5.41, 5.74) is 4.09. The van der Waals surface area contributed by atoms with Gasteiger partial charge < -0.3 is 14.3 Å². The molecular weight excluding hydrogens is 390 g/mol. The molecule has 0 unspecified atom stereocenters. The van der Waals surface area contributed by atoms with Crippen LogP contribution < -0.4 is 4.74 Å². The van der Waals surface area contributed by atoms with E-state index in [4.69, 9.17) is 25.9 Å². The molecule has 1 atom stereocenters. The van der Waals surface area contributed by atoms with Crippen LogP contribution in [0.3, 0.4) is 0 Å². The second-order valence-electron chi connectivity index (χ2n) is 7.32. The number of aryl methyl sites for hydroxylation is 2. The molecule has 0 radical (unpaired) electrons. The molecule has 6 heteroatoms. The van der Waals surface area contributed by atoms with Gasteiger partial charge in [0.15, 0.2) is 0 Å². The first kappa shape index (κ1) is 19.5. The summed E-state index contributed by atoms with van der Waals surface area (Å²) in [5.74, 6) is 1.53. The van der Waals surface area contributed by atoms with Gasteiger partial charge in [-0.15, -0.1) is 0 Å². The van der Waals surface area contributed by atoms with E-state index in [1.54, 1.807) is 0 Å². The van der Waals surface area contributed by atoms with Gasteiger partial charge >= 0.3 is 5.97 Å². The normalized spacial score (nSPS) is 15.3. The zero-order chi connectivity index (χ0) is 20.4. The summed E-state index contributed by atoms with van der Waals surface area (Å²) < 4.78 is 11.7. The largest absolute Gasteiger partial charge is 0.493 e. The van der Waals surface area contributed by atoms with Gasteiger partial charge in [0.25, 0.3) is 0 Å². The average molecular weight is 412 g/mol. The number of hydrogen-bond acceptors (Lipinski definition) is 4. The molecule has 3 aromatic rings. The Hall–Kier alpha value is -2.79. The zero-order valence-corrected chi connectivity index (χ0v) is 16.9. The molecule has 1 aliphatic rings. The topological polar surface area (TPSA) is 72.6 Å². The van der Waals surface area contributed by atoms with E-state index in [0.29, 0.717) is 23.9 Å². The van der Waals surface area contributed by atoms with Gasteiger partial charge in [0, 0.05) is 17.0 Å². The van der Waals surface area contributed by atoms with Gasteiger partial charge in [-0.2, -0.15) is 0 Å². The number of fused-ring (bicyclic) bond motifs is 1. The highest BCUT2D eigenvalue weighted by Crippen LogP contribution is 2.37. The van der Waals surface area contributed by atoms with Crippen molar-refractivity contribution >= 4 is 17.6 Å². The Balaban J connectivity index is 1.37. The highest BCUT2D eigenvalue weighted by atomic mass is 35.5. The standard InChI is InChI=1S/C23H22ClNO4/c1-14-21(25-23(29-14)15-4-6-18(24)7-5-15)10-11-28-19-8-9-20-16(12-19)2-3-17(20)13-22(26)27/h4-9,12,17H,2-3,10-11,13H2,1H3,(H,26,27)/t17-/m0/s1. The smallest absolute Gasteiger partial charge is 0.303 e. The first-order chi connectivity index (χ1) is 14.0. The fourth-order valence-electron chi connectivity index (χ4n) is 3.84. The van der Waals surface area contributed by atoms with Crippen LogP contribution in [0.5, 0.6) is 5.75 Å². The second kappa shape index (κ2) is 8.29. The van der Waals surface area contributed by atoms with Crippen molar-refractivity contribution in [3.05, 3.63) is 70.1 Å². The van der Waals surface area contributed by atoms with E-state index in [-0.39, 0.29) is 12.3 Å². The summed E-state index contributed by atoms with van der Waals surface area (Å²) in [6, 6.07) is 13.4. The van der Waals surface area contributed by atoms with Crippen LogP contribution in [0.4, 0.5) is 0 Å². The minimum Gasteiger partial charge on any atom is -0.493 e. The highest BCUT2D eigenvalue weighted by Gasteiger charge is 2.24. The van der Waals surface area contributed by atoms with Crippen LogP contribution in [0.25, 0.3) is 11.5 Å². The molecule has 2 aromatic carbocycles. The van der Waals surface area contributed by atoms with E-state index >= 15 is 0 Å². The fourth-order valence-corrected chi connectivity index (χ4v) is 3.96. The van der Waals surface area contributed by atoms with Gasteiger partial charge in [-0.25, -0.2) is 4.98 Å². The number of hydrogen-bond donors (Lipinski definition) is 1. The van der Waals surface area contributed by atoms with Crippen LogP contribution in [0.15, 0.2) is 46.9 Å². The molecule has 0 fully saturated rings. The van der Waals surface area contributed by atoms with Crippen molar-refractivity contribution in [2.75, 3.05) is 6.61 Å². The van der Waals surface area contributed by atoms with Crippen molar-refractivity contribution in [2.24, 2.45) is 0 Å². The summed E-state index contributed by atoms with van der Waals surface area (Å²) in [5, 5.41) is 9.72. The zero-order valence-electron chi connectivity index (χ0n) is 16.2. The minimum atomic E-state index is -0.746. The van der Waals surface area contributed by atoms with Gasteiger partial charge in [-0.3, -0.25) is 4.79 Å². The minimum absolute atomic E-state index is 0.112. The molecule has 1 N–H and O–H groups in total. The molecule has 1 heterocycles. The predicted molar refractivity (Wildman–Crippen MR) is 111 cm³/mol. The molecule has 0 aliphatic heterocycles. The average Bonchev–Trinajstić information content (AvgIpc) is 3.25. The van der Waals surface area contributed by atoms with Crippen molar-refractivity contribution in [3.63, 3.8) is 0 Å². The van der Waals surface area contributed by atoms with Gasteiger partial charge in [0.05, 0.1) is 18.7 Å². The van der Waals surface area contributed by atoms with Crippen LogP contribution in [-0.4, -0.2) is 22.7 Å². The van der Waals surface area contributed by atoms with Crippen molar-refractivity contribution in [3.8, 4) is 17.2 Å². The van der Waals surface area contributed by atoms with Crippen molar-refractivity contribution in [2.45, 2.75) is 38.5 Å². The SMILES string of the molecule is Cc1oc(-c2ccc(Cl)cc2)nc1CCOc1ccc2c(c1)CC[C@H]2CC(=O)O. The molecule has 0 bridgehead atoms. The molecule has 0 saturated heterocycles. The maximum absolute atomic E-state index is 11.0. The van der Waals surface area contributed by atoms with E-state index in [2.05, 4.69) is 4.98 Å².